The number of nitrogens with zero attached hydrogens (tertiary/aromatic N) is 5. The van der Waals surface area contributed by atoms with E-state index in [1.807, 2.05) is 0 Å². The number of fused-ring (bicyclic) bond motifs is 11. The highest BCUT2D eigenvalue weighted by Crippen LogP contribution is 2.47. The number of furan rings is 1. The summed E-state index contributed by atoms with van der Waals surface area (Å²) in [6.07, 6.45) is -2.67. The molecule has 0 unspecified atom stereocenters. The molecule has 8 rings (SSSR count). The Labute approximate surface area is 307 Å². The number of carbonyl (C=O) groups is 2. The summed E-state index contributed by atoms with van der Waals surface area (Å²) in [6, 6.07) is 6.91. The predicted octanol–water partition coefficient (Wildman–Crippen LogP) is 8.13. The minimum atomic E-state index is -3.86. The van der Waals surface area contributed by atoms with Crippen LogP contribution in [0.5, 0.6) is 5.88 Å². The summed E-state index contributed by atoms with van der Waals surface area (Å²) < 4.78 is 98.1. The number of aromatic nitrogens is 3. The molecule has 0 N–H and O–H groups in total. The van der Waals surface area contributed by atoms with Gasteiger partial charge in [-0.3, -0.25) is 4.79 Å². The number of anilines is 1. The molecule has 4 atom stereocenters. The van der Waals surface area contributed by atoms with Crippen LogP contribution in [0.15, 0.2) is 40.9 Å². The number of alkyl halides is 5. The molecule has 4 aromatic rings. The first-order chi connectivity index (χ1) is 24.9. The lowest BCUT2D eigenvalue weighted by Crippen LogP contribution is -2.53. The molecule has 2 saturated heterocycles. The number of esters is 1. The smallest absolute Gasteiger partial charge is 0.329 e. The van der Waals surface area contributed by atoms with Gasteiger partial charge in [0.15, 0.2) is 11.4 Å². The standard InChI is InChI=1S/C37H39ClF5N5O5/c1-20-18-47-14-13-35(20,39)24-15-21(38)17-44-30(24)51-22-16-25(31(49)53-34(2,3)4)48(19-22)29-28-27(23-9-5-6-10-26(23)52-28)45-32(46-29)36(40,41)11-7-8-12-37(42,43)33(47)50/h5-6,9-10,15,17,20,22,25H,7-8,11-14,16,18-19H2,1-4H3/t20-,22-,25-,35+/m0/s1. The molecule has 4 aliphatic heterocycles. The lowest BCUT2D eigenvalue weighted by atomic mass is 9.78. The number of halogens is 6. The van der Waals surface area contributed by atoms with Gasteiger partial charge in [0.2, 0.25) is 11.7 Å². The Morgan fingerprint density at radius 2 is 1.74 bits per heavy atom. The van der Waals surface area contributed by atoms with Gasteiger partial charge in [-0.15, -0.1) is 0 Å². The highest BCUT2D eigenvalue weighted by Gasteiger charge is 2.51. The van der Waals surface area contributed by atoms with Gasteiger partial charge in [0.25, 0.3) is 5.91 Å². The van der Waals surface area contributed by atoms with Gasteiger partial charge in [-0.25, -0.2) is 24.1 Å². The molecule has 2 fully saturated rings. The van der Waals surface area contributed by atoms with E-state index < -0.39 is 78.1 Å². The van der Waals surface area contributed by atoms with Gasteiger partial charge in [-0.05, 0) is 51.8 Å². The van der Waals surface area contributed by atoms with E-state index in [1.54, 1.807) is 45.0 Å². The van der Waals surface area contributed by atoms with Crippen molar-refractivity contribution in [3.8, 4) is 5.88 Å². The highest BCUT2D eigenvalue weighted by molar-refractivity contribution is 6.30. The molecule has 1 amide bonds. The van der Waals surface area contributed by atoms with E-state index in [0.29, 0.717) is 11.0 Å². The minimum Gasteiger partial charge on any atom is -0.472 e. The molecule has 0 saturated carbocycles. The fourth-order valence-electron chi connectivity index (χ4n) is 7.46. The van der Waals surface area contributed by atoms with E-state index in [1.165, 1.54) is 24.1 Å². The van der Waals surface area contributed by atoms with Crippen molar-refractivity contribution in [2.45, 2.75) is 101 Å². The largest absolute Gasteiger partial charge is 0.472 e. The van der Waals surface area contributed by atoms with Crippen LogP contribution in [-0.4, -0.2) is 75.0 Å². The zero-order valence-corrected chi connectivity index (χ0v) is 30.4. The number of hydrogen-bond acceptors (Lipinski definition) is 9. The lowest BCUT2D eigenvalue weighted by Gasteiger charge is -2.42. The third-order valence-corrected chi connectivity index (χ3v) is 10.3. The Morgan fingerprint density at radius 1 is 1.02 bits per heavy atom. The number of benzene rings is 1. The number of ether oxygens (including phenoxy) is 2. The van der Waals surface area contributed by atoms with Crippen molar-refractivity contribution < 1.29 is 45.4 Å². The third-order valence-electron chi connectivity index (χ3n) is 10.1. The number of para-hydroxylation sites is 1. The van der Waals surface area contributed by atoms with Gasteiger partial charge in [-0.1, -0.05) is 30.7 Å². The fraction of sp³-hybridized carbons (Fsp3) is 0.541. The molecule has 0 aliphatic carbocycles. The maximum Gasteiger partial charge on any atom is 0.329 e. The number of hydrogen-bond donors (Lipinski definition) is 0. The zero-order chi connectivity index (χ0) is 38.1. The van der Waals surface area contributed by atoms with Crippen LogP contribution in [0, 0.1) is 5.92 Å². The molecule has 7 heterocycles. The second-order valence-corrected chi connectivity index (χ2v) is 15.6. The quantitative estimate of drug-likeness (QED) is 0.140. The van der Waals surface area contributed by atoms with Crippen LogP contribution in [0.4, 0.5) is 27.8 Å². The predicted molar refractivity (Wildman–Crippen MR) is 185 cm³/mol. The van der Waals surface area contributed by atoms with Crippen molar-refractivity contribution in [3.05, 3.63) is 52.9 Å². The van der Waals surface area contributed by atoms with Crippen molar-refractivity contribution in [2.24, 2.45) is 5.92 Å². The molecule has 16 heteroatoms. The first-order valence-corrected chi connectivity index (χ1v) is 18.0. The second-order valence-electron chi connectivity index (χ2n) is 15.2. The first-order valence-electron chi connectivity index (χ1n) is 17.6. The van der Waals surface area contributed by atoms with Gasteiger partial charge >= 0.3 is 17.8 Å². The molecule has 6 bridgehead atoms. The molecular formula is C37H39ClF5N5O5. The topological polar surface area (TPSA) is 111 Å². The summed E-state index contributed by atoms with van der Waals surface area (Å²) in [5, 5.41) is 0.511. The Hall–Kier alpha value is -4.27. The minimum absolute atomic E-state index is 0.0360. The molecule has 1 aromatic carbocycles. The van der Waals surface area contributed by atoms with Crippen LogP contribution in [0.25, 0.3) is 22.1 Å². The van der Waals surface area contributed by atoms with Gasteiger partial charge in [0.1, 0.15) is 34.5 Å². The summed E-state index contributed by atoms with van der Waals surface area (Å²) in [4.78, 5) is 42.1. The average Bonchev–Trinajstić information content (AvgIpc) is 3.69. The molecule has 4 aliphatic rings. The highest BCUT2D eigenvalue weighted by atomic mass is 35.5. The molecule has 3 aromatic heterocycles. The number of rotatable bonds is 1. The fourth-order valence-corrected chi connectivity index (χ4v) is 7.62. The summed E-state index contributed by atoms with van der Waals surface area (Å²) >= 11 is 6.31. The average molecular weight is 764 g/mol. The van der Waals surface area contributed by atoms with Gasteiger partial charge in [0.05, 0.1) is 17.1 Å². The Kier molecular flexibility index (Phi) is 9.26. The van der Waals surface area contributed by atoms with E-state index in [2.05, 4.69) is 15.0 Å². The third kappa shape index (κ3) is 6.96. The van der Waals surface area contributed by atoms with Crippen LogP contribution < -0.4 is 9.64 Å². The number of piperidine rings is 1. The molecule has 53 heavy (non-hydrogen) atoms. The molecule has 284 valence electrons. The summed E-state index contributed by atoms with van der Waals surface area (Å²) in [5.41, 5.74) is -2.71. The van der Waals surface area contributed by atoms with Crippen molar-refractivity contribution in [2.75, 3.05) is 24.5 Å². The lowest BCUT2D eigenvalue weighted by molar-refractivity contribution is -0.163. The SMILES string of the molecule is C[C@H]1CN2CC[C@]1(F)c1cc(Cl)cnc1O[C@H]1C[C@@H](C(=O)OC(C)(C)C)N(C1)c1nc(nc3c1oc1ccccc13)C(F)(F)CCCCC(F)(F)C2=O. The van der Waals surface area contributed by atoms with E-state index >= 15 is 22.0 Å². The van der Waals surface area contributed by atoms with Crippen LogP contribution >= 0.6 is 11.6 Å². The van der Waals surface area contributed by atoms with E-state index in [-0.39, 0.29) is 72.3 Å². The number of pyridine rings is 1. The van der Waals surface area contributed by atoms with Crippen molar-refractivity contribution in [1.29, 1.82) is 0 Å². The summed E-state index contributed by atoms with van der Waals surface area (Å²) in [5.74, 6) is -11.9. The van der Waals surface area contributed by atoms with Crippen LogP contribution in [0.1, 0.15) is 77.6 Å². The Balaban J connectivity index is 1.38. The first kappa shape index (κ1) is 37.1. The monoisotopic (exact) mass is 763 g/mol. The maximum absolute atomic E-state index is 17.2. The normalized spacial score (nSPS) is 26.4. The van der Waals surface area contributed by atoms with Gasteiger partial charge < -0.3 is 23.7 Å². The van der Waals surface area contributed by atoms with Crippen LogP contribution in [-0.2, 0) is 25.9 Å². The van der Waals surface area contributed by atoms with Gasteiger partial charge in [0, 0.05) is 56.3 Å². The maximum atomic E-state index is 17.2. The van der Waals surface area contributed by atoms with Crippen LogP contribution in [0.2, 0.25) is 5.02 Å². The van der Waals surface area contributed by atoms with Gasteiger partial charge in [-0.2, -0.15) is 17.6 Å². The van der Waals surface area contributed by atoms with Crippen molar-refractivity contribution >= 4 is 51.4 Å². The number of amides is 1. The second kappa shape index (κ2) is 13.2. The Bertz CT molecular complexity index is 2070. The zero-order valence-electron chi connectivity index (χ0n) is 29.6. The van der Waals surface area contributed by atoms with E-state index in [9.17, 15) is 9.59 Å². The summed E-state index contributed by atoms with van der Waals surface area (Å²) in [7, 11) is 0. The summed E-state index contributed by atoms with van der Waals surface area (Å²) in [6.45, 7) is 5.79. The van der Waals surface area contributed by atoms with E-state index in [0.717, 1.165) is 4.90 Å². The van der Waals surface area contributed by atoms with Crippen molar-refractivity contribution in [3.63, 3.8) is 0 Å². The molecule has 0 radical (unpaired) electrons. The van der Waals surface area contributed by atoms with Crippen molar-refractivity contribution in [1.82, 2.24) is 19.9 Å². The van der Waals surface area contributed by atoms with Crippen LogP contribution in [0.3, 0.4) is 0 Å². The number of carbonyl (C=O) groups excluding carboxylic acids is 2. The van der Waals surface area contributed by atoms with E-state index in [4.69, 9.17) is 25.5 Å². The molecule has 0 spiro atoms. The molecular weight excluding hydrogens is 725 g/mol. The molecule has 10 nitrogen and oxygen atoms in total. The Morgan fingerprint density at radius 3 is 2.45 bits per heavy atom.